The number of H-pyrrole nitrogens is 1. The number of rotatable bonds is 8. The highest BCUT2D eigenvalue weighted by Crippen LogP contribution is 2.30. The highest BCUT2D eigenvalue weighted by molar-refractivity contribution is 5.71. The fourth-order valence-electron chi connectivity index (χ4n) is 2.61. The molecule has 2 aromatic rings. The van der Waals surface area contributed by atoms with E-state index in [1.54, 1.807) is 0 Å². The summed E-state index contributed by atoms with van der Waals surface area (Å²) in [5, 5.41) is 23.5. The first-order valence-corrected chi connectivity index (χ1v) is 7.22. The number of hydrogen-bond donors (Lipinski definition) is 2. The van der Waals surface area contributed by atoms with Crippen LogP contribution < -0.4 is 0 Å². The third kappa shape index (κ3) is 4.11. The van der Waals surface area contributed by atoms with E-state index < -0.39 is 11.9 Å². The maximum atomic E-state index is 11.6. The number of hydrogen-bond acceptors (Lipinski definition) is 4. The Morgan fingerprint density at radius 3 is 2.62 bits per heavy atom. The van der Waals surface area contributed by atoms with E-state index in [-0.39, 0.29) is 5.92 Å². The molecule has 1 heterocycles. The molecule has 0 fully saturated rings. The van der Waals surface area contributed by atoms with Gasteiger partial charge in [0.2, 0.25) is 0 Å². The van der Waals surface area contributed by atoms with Crippen molar-refractivity contribution in [2.75, 3.05) is 0 Å². The Labute approximate surface area is 123 Å². The first kappa shape index (κ1) is 15.2. The summed E-state index contributed by atoms with van der Waals surface area (Å²) in [4.78, 5) is 11.6. The second kappa shape index (κ2) is 7.52. The lowest BCUT2D eigenvalue weighted by molar-refractivity contribution is -0.143. The molecule has 6 nitrogen and oxygen atoms in total. The molecule has 0 unspecified atom stereocenters. The summed E-state index contributed by atoms with van der Waals surface area (Å²) in [6.07, 6.45) is 2.92. The van der Waals surface area contributed by atoms with Crippen LogP contribution in [0.1, 0.15) is 43.5 Å². The Balaban J connectivity index is 2.14. The first-order chi connectivity index (χ1) is 10.2. The van der Waals surface area contributed by atoms with Crippen molar-refractivity contribution in [2.24, 2.45) is 5.92 Å². The summed E-state index contributed by atoms with van der Waals surface area (Å²) in [6, 6.07) is 10.0. The second-order valence-corrected chi connectivity index (χ2v) is 5.13. The van der Waals surface area contributed by atoms with E-state index in [1.807, 2.05) is 37.3 Å². The van der Waals surface area contributed by atoms with Gasteiger partial charge in [0.25, 0.3) is 0 Å². The van der Waals surface area contributed by atoms with Crippen molar-refractivity contribution in [2.45, 2.75) is 38.5 Å². The number of aryl methyl sites for hydroxylation is 1. The number of carboxylic acids is 1. The number of aliphatic carboxylic acids is 1. The number of carbonyl (C=O) groups is 1. The highest BCUT2D eigenvalue weighted by Gasteiger charge is 2.31. The first-order valence-electron chi connectivity index (χ1n) is 7.22. The van der Waals surface area contributed by atoms with E-state index in [1.165, 1.54) is 5.56 Å². The van der Waals surface area contributed by atoms with E-state index in [0.29, 0.717) is 18.7 Å². The number of tetrazole rings is 1. The third-order valence-electron chi connectivity index (χ3n) is 3.68. The number of nitrogens with zero attached hydrogens (tertiary/aromatic N) is 3. The number of benzene rings is 1. The van der Waals surface area contributed by atoms with E-state index >= 15 is 0 Å². The normalized spacial score (nSPS) is 13.8. The van der Waals surface area contributed by atoms with Crippen molar-refractivity contribution in [1.82, 2.24) is 20.6 Å². The average Bonchev–Trinajstić information content (AvgIpc) is 3.01. The minimum Gasteiger partial charge on any atom is -0.481 e. The largest absolute Gasteiger partial charge is 0.481 e. The fraction of sp³-hybridized carbons (Fsp3) is 0.467. The van der Waals surface area contributed by atoms with E-state index in [4.69, 9.17) is 0 Å². The summed E-state index contributed by atoms with van der Waals surface area (Å²) in [6.45, 7) is 1.99. The Morgan fingerprint density at radius 1 is 1.29 bits per heavy atom. The van der Waals surface area contributed by atoms with Crippen LogP contribution in [0.3, 0.4) is 0 Å². The van der Waals surface area contributed by atoms with Crippen LogP contribution in [0.5, 0.6) is 0 Å². The highest BCUT2D eigenvalue weighted by atomic mass is 16.4. The molecule has 0 aliphatic heterocycles. The zero-order valence-corrected chi connectivity index (χ0v) is 12.1. The molecule has 1 aromatic carbocycles. The molecule has 1 aromatic heterocycles. The van der Waals surface area contributed by atoms with Gasteiger partial charge < -0.3 is 5.11 Å². The van der Waals surface area contributed by atoms with Crippen LogP contribution in [-0.4, -0.2) is 31.7 Å². The molecule has 2 rings (SSSR count). The van der Waals surface area contributed by atoms with Gasteiger partial charge in [0, 0.05) is 5.92 Å². The van der Waals surface area contributed by atoms with Gasteiger partial charge in [0.15, 0.2) is 5.82 Å². The third-order valence-corrected chi connectivity index (χ3v) is 3.68. The molecular formula is C15H20N4O2. The Hall–Kier alpha value is -2.24. The lowest BCUT2D eigenvalue weighted by Crippen LogP contribution is -2.23. The van der Waals surface area contributed by atoms with Gasteiger partial charge in [-0.15, -0.1) is 10.2 Å². The van der Waals surface area contributed by atoms with E-state index in [2.05, 4.69) is 20.6 Å². The van der Waals surface area contributed by atoms with E-state index in [0.717, 1.165) is 12.8 Å². The van der Waals surface area contributed by atoms with Crippen LogP contribution in [-0.2, 0) is 11.2 Å². The summed E-state index contributed by atoms with van der Waals surface area (Å²) >= 11 is 0. The van der Waals surface area contributed by atoms with Crippen LogP contribution >= 0.6 is 0 Å². The molecule has 0 amide bonds. The molecule has 112 valence electrons. The van der Waals surface area contributed by atoms with Gasteiger partial charge in [0.1, 0.15) is 0 Å². The van der Waals surface area contributed by atoms with Gasteiger partial charge in [0.05, 0.1) is 5.92 Å². The van der Waals surface area contributed by atoms with Gasteiger partial charge in [-0.05, 0) is 24.8 Å². The Bertz CT molecular complexity index is 542. The van der Waals surface area contributed by atoms with Crippen molar-refractivity contribution < 1.29 is 9.90 Å². The van der Waals surface area contributed by atoms with Gasteiger partial charge in [-0.2, -0.15) is 5.21 Å². The molecule has 2 N–H and O–H groups in total. The molecule has 0 bridgehead atoms. The quantitative estimate of drug-likeness (QED) is 0.778. The monoisotopic (exact) mass is 288 g/mol. The second-order valence-electron chi connectivity index (χ2n) is 5.13. The summed E-state index contributed by atoms with van der Waals surface area (Å²) in [7, 11) is 0. The van der Waals surface area contributed by atoms with Crippen LogP contribution in [0.2, 0.25) is 0 Å². The zero-order chi connectivity index (χ0) is 15.1. The van der Waals surface area contributed by atoms with Crippen LogP contribution in [0, 0.1) is 5.92 Å². The maximum absolute atomic E-state index is 11.6. The molecule has 0 saturated carbocycles. The molecule has 0 aliphatic carbocycles. The van der Waals surface area contributed by atoms with E-state index in [9.17, 15) is 9.90 Å². The van der Waals surface area contributed by atoms with Crippen molar-refractivity contribution >= 4 is 5.97 Å². The molecule has 21 heavy (non-hydrogen) atoms. The van der Waals surface area contributed by atoms with Crippen molar-refractivity contribution in [3.8, 4) is 0 Å². The van der Waals surface area contributed by atoms with Gasteiger partial charge in [-0.1, -0.05) is 48.9 Å². The van der Waals surface area contributed by atoms with Gasteiger partial charge in [-0.3, -0.25) is 4.79 Å². The Kier molecular flexibility index (Phi) is 5.43. The molecule has 0 spiro atoms. The zero-order valence-electron chi connectivity index (χ0n) is 12.1. The SMILES string of the molecule is CCC[C@H](C(=O)O)[C@H](CCc1ccccc1)c1nn[nH]n1. The topological polar surface area (TPSA) is 91.8 Å². The molecule has 0 aliphatic rings. The summed E-state index contributed by atoms with van der Waals surface area (Å²) in [5.41, 5.74) is 1.19. The standard InChI is InChI=1S/C15H20N4O2/c1-2-6-13(15(20)21)12(14-16-18-19-17-14)10-9-11-7-4-3-5-8-11/h3-5,7-8,12-13H,2,6,9-10H2,1H3,(H,20,21)(H,16,17,18,19)/t12-,13-/m0/s1. The number of nitrogens with one attached hydrogen (secondary N) is 1. The van der Waals surface area contributed by atoms with Crippen LogP contribution in [0.15, 0.2) is 30.3 Å². The number of aromatic nitrogens is 4. The van der Waals surface area contributed by atoms with Crippen molar-refractivity contribution in [1.29, 1.82) is 0 Å². The molecular weight excluding hydrogens is 268 g/mol. The predicted octanol–water partition coefficient (Wildman–Crippen LogP) is 2.42. The number of carboxylic acid groups (broad SMARTS) is 1. The summed E-state index contributed by atoms with van der Waals surface area (Å²) in [5.74, 6) is -0.996. The minimum atomic E-state index is -0.792. The minimum absolute atomic E-state index is 0.221. The van der Waals surface area contributed by atoms with Crippen LogP contribution in [0.25, 0.3) is 0 Å². The molecule has 6 heteroatoms. The molecule has 0 saturated heterocycles. The smallest absolute Gasteiger partial charge is 0.307 e. The van der Waals surface area contributed by atoms with Crippen molar-refractivity contribution in [3.63, 3.8) is 0 Å². The average molecular weight is 288 g/mol. The maximum Gasteiger partial charge on any atom is 0.307 e. The molecule has 2 atom stereocenters. The van der Waals surface area contributed by atoms with Gasteiger partial charge in [-0.25, -0.2) is 0 Å². The summed E-state index contributed by atoms with van der Waals surface area (Å²) < 4.78 is 0. The lowest BCUT2D eigenvalue weighted by Gasteiger charge is -2.20. The molecule has 0 radical (unpaired) electrons. The van der Waals surface area contributed by atoms with Crippen molar-refractivity contribution in [3.05, 3.63) is 41.7 Å². The van der Waals surface area contributed by atoms with Crippen LogP contribution in [0.4, 0.5) is 0 Å². The van der Waals surface area contributed by atoms with Gasteiger partial charge >= 0.3 is 5.97 Å². The Morgan fingerprint density at radius 2 is 2.05 bits per heavy atom. The number of aromatic amines is 1. The lowest BCUT2D eigenvalue weighted by atomic mass is 9.84. The fourth-order valence-corrected chi connectivity index (χ4v) is 2.61. The predicted molar refractivity (Wildman–Crippen MR) is 77.7 cm³/mol.